The van der Waals surface area contributed by atoms with Crippen LogP contribution in [0.2, 0.25) is 5.02 Å². The van der Waals surface area contributed by atoms with E-state index >= 15 is 0 Å². The van der Waals surface area contributed by atoms with Gasteiger partial charge in [0.15, 0.2) is 0 Å². The van der Waals surface area contributed by atoms with Gasteiger partial charge in [-0.25, -0.2) is 0 Å². The summed E-state index contributed by atoms with van der Waals surface area (Å²) in [5, 5.41) is 12.6. The first-order valence-corrected chi connectivity index (χ1v) is 5.95. The molecule has 0 spiro atoms. The molecule has 0 aromatic heterocycles. The lowest BCUT2D eigenvalue weighted by Crippen LogP contribution is -2.33. The standard InChI is InChI=1S/C10H10ClNO2S/c11-7-3-1-2-6(4-7)9-12-8(5-15-9)10(13)14/h1-4,8-9,12H,5H2,(H,13,14). The van der Waals surface area contributed by atoms with Gasteiger partial charge < -0.3 is 5.11 Å². The van der Waals surface area contributed by atoms with Crippen molar-refractivity contribution in [3.05, 3.63) is 34.9 Å². The van der Waals surface area contributed by atoms with Crippen LogP contribution >= 0.6 is 23.4 Å². The molecule has 2 N–H and O–H groups in total. The first-order valence-electron chi connectivity index (χ1n) is 4.53. The van der Waals surface area contributed by atoms with Crippen molar-refractivity contribution in [2.45, 2.75) is 11.4 Å². The van der Waals surface area contributed by atoms with Crippen molar-refractivity contribution in [2.24, 2.45) is 0 Å². The Morgan fingerprint density at radius 2 is 2.40 bits per heavy atom. The van der Waals surface area contributed by atoms with E-state index in [0.29, 0.717) is 10.8 Å². The van der Waals surface area contributed by atoms with Crippen LogP contribution in [0.15, 0.2) is 24.3 Å². The van der Waals surface area contributed by atoms with Crippen molar-refractivity contribution in [1.82, 2.24) is 5.32 Å². The maximum Gasteiger partial charge on any atom is 0.321 e. The molecule has 0 radical (unpaired) electrons. The van der Waals surface area contributed by atoms with Crippen LogP contribution in [-0.4, -0.2) is 22.9 Å². The Kier molecular flexibility index (Phi) is 3.19. The van der Waals surface area contributed by atoms with E-state index in [1.54, 1.807) is 17.8 Å². The number of benzene rings is 1. The average molecular weight is 244 g/mol. The molecule has 1 aromatic rings. The molecule has 1 saturated heterocycles. The van der Waals surface area contributed by atoms with Gasteiger partial charge in [-0.05, 0) is 17.7 Å². The fraction of sp³-hybridized carbons (Fsp3) is 0.300. The van der Waals surface area contributed by atoms with Crippen LogP contribution in [0, 0.1) is 0 Å². The summed E-state index contributed by atoms with van der Waals surface area (Å²) in [4.78, 5) is 10.7. The fourth-order valence-electron chi connectivity index (χ4n) is 1.48. The lowest BCUT2D eigenvalue weighted by molar-refractivity contribution is -0.138. The minimum atomic E-state index is -0.799. The SMILES string of the molecule is O=C(O)C1CSC(c2cccc(Cl)c2)N1. The van der Waals surface area contributed by atoms with Crippen molar-refractivity contribution < 1.29 is 9.90 Å². The highest BCUT2D eigenvalue weighted by Gasteiger charge is 2.30. The van der Waals surface area contributed by atoms with E-state index in [4.69, 9.17) is 16.7 Å². The van der Waals surface area contributed by atoms with Crippen LogP contribution < -0.4 is 5.32 Å². The number of hydrogen-bond donors (Lipinski definition) is 2. The molecule has 0 bridgehead atoms. The van der Waals surface area contributed by atoms with E-state index in [-0.39, 0.29) is 5.37 Å². The molecule has 1 aliphatic heterocycles. The molecule has 1 aliphatic rings. The minimum Gasteiger partial charge on any atom is -0.480 e. The van der Waals surface area contributed by atoms with Gasteiger partial charge in [0.2, 0.25) is 0 Å². The molecule has 15 heavy (non-hydrogen) atoms. The van der Waals surface area contributed by atoms with Crippen LogP contribution in [-0.2, 0) is 4.79 Å². The van der Waals surface area contributed by atoms with Gasteiger partial charge in [-0.1, -0.05) is 23.7 Å². The van der Waals surface area contributed by atoms with Crippen LogP contribution in [0.5, 0.6) is 0 Å². The zero-order valence-electron chi connectivity index (χ0n) is 7.81. The van der Waals surface area contributed by atoms with Gasteiger partial charge in [0, 0.05) is 10.8 Å². The molecule has 80 valence electrons. The third kappa shape index (κ3) is 2.45. The topological polar surface area (TPSA) is 49.3 Å². The number of carboxylic acids is 1. The second kappa shape index (κ2) is 4.43. The fourth-order valence-corrected chi connectivity index (χ4v) is 2.90. The van der Waals surface area contributed by atoms with Crippen molar-refractivity contribution in [3.63, 3.8) is 0 Å². The summed E-state index contributed by atoms with van der Waals surface area (Å²) in [6.45, 7) is 0. The van der Waals surface area contributed by atoms with Gasteiger partial charge in [0.1, 0.15) is 6.04 Å². The molecule has 1 heterocycles. The van der Waals surface area contributed by atoms with Gasteiger partial charge >= 0.3 is 5.97 Å². The molecule has 1 aromatic carbocycles. The Labute approximate surface area is 96.8 Å². The van der Waals surface area contributed by atoms with Crippen molar-refractivity contribution in [1.29, 1.82) is 0 Å². The molecule has 0 saturated carbocycles. The molecule has 1 fully saturated rings. The number of halogens is 1. The molecule has 2 rings (SSSR count). The second-order valence-corrected chi connectivity index (χ2v) is 4.90. The van der Waals surface area contributed by atoms with Crippen LogP contribution in [0.3, 0.4) is 0 Å². The van der Waals surface area contributed by atoms with E-state index in [0.717, 1.165) is 5.56 Å². The van der Waals surface area contributed by atoms with Gasteiger partial charge in [-0.15, -0.1) is 11.8 Å². The van der Waals surface area contributed by atoms with Crippen LogP contribution in [0.4, 0.5) is 0 Å². The highest BCUT2D eigenvalue weighted by Crippen LogP contribution is 2.33. The zero-order valence-corrected chi connectivity index (χ0v) is 9.39. The molecule has 0 aliphatic carbocycles. The molecule has 2 unspecified atom stereocenters. The summed E-state index contributed by atoms with van der Waals surface area (Å²) in [5.41, 5.74) is 1.02. The number of carboxylic acid groups (broad SMARTS) is 1. The highest BCUT2D eigenvalue weighted by atomic mass is 35.5. The van der Waals surface area contributed by atoms with E-state index in [1.165, 1.54) is 0 Å². The Morgan fingerprint density at radius 1 is 1.60 bits per heavy atom. The molecular weight excluding hydrogens is 234 g/mol. The lowest BCUT2D eigenvalue weighted by atomic mass is 10.2. The summed E-state index contributed by atoms with van der Waals surface area (Å²) in [7, 11) is 0. The van der Waals surface area contributed by atoms with Crippen molar-refractivity contribution >= 4 is 29.3 Å². The predicted octanol–water partition coefficient (Wildman–Crippen LogP) is 2.13. The molecule has 5 heteroatoms. The largest absolute Gasteiger partial charge is 0.480 e. The molecule has 2 atom stereocenters. The average Bonchev–Trinajstić information content (AvgIpc) is 2.66. The van der Waals surface area contributed by atoms with Crippen LogP contribution in [0.25, 0.3) is 0 Å². The van der Waals surface area contributed by atoms with Crippen molar-refractivity contribution in [3.8, 4) is 0 Å². The maximum absolute atomic E-state index is 10.7. The van der Waals surface area contributed by atoms with Gasteiger partial charge in [0.25, 0.3) is 0 Å². The lowest BCUT2D eigenvalue weighted by Gasteiger charge is -2.11. The first kappa shape index (κ1) is 10.8. The van der Waals surface area contributed by atoms with E-state index in [1.807, 2.05) is 18.2 Å². The Morgan fingerprint density at radius 3 is 3.00 bits per heavy atom. The highest BCUT2D eigenvalue weighted by molar-refractivity contribution is 7.99. The third-order valence-corrected chi connectivity index (χ3v) is 3.73. The summed E-state index contributed by atoms with van der Waals surface area (Å²) in [5.74, 6) is -0.209. The number of carbonyl (C=O) groups is 1. The zero-order chi connectivity index (χ0) is 10.8. The van der Waals surface area contributed by atoms with Gasteiger partial charge in [-0.2, -0.15) is 0 Å². The number of rotatable bonds is 2. The second-order valence-electron chi connectivity index (χ2n) is 3.33. The third-order valence-electron chi connectivity index (χ3n) is 2.23. The number of thioether (sulfide) groups is 1. The van der Waals surface area contributed by atoms with E-state index < -0.39 is 12.0 Å². The quantitative estimate of drug-likeness (QED) is 0.836. The summed E-state index contributed by atoms with van der Waals surface area (Å²) < 4.78 is 0. The summed E-state index contributed by atoms with van der Waals surface area (Å²) in [6, 6.07) is 7.02. The smallest absolute Gasteiger partial charge is 0.321 e. The number of nitrogens with one attached hydrogen (secondary N) is 1. The Hall–Kier alpha value is -0.710. The van der Waals surface area contributed by atoms with Crippen molar-refractivity contribution in [2.75, 3.05) is 5.75 Å². The van der Waals surface area contributed by atoms with E-state index in [9.17, 15) is 4.79 Å². The maximum atomic E-state index is 10.7. The normalized spacial score (nSPS) is 25.4. The number of hydrogen-bond acceptors (Lipinski definition) is 3. The first-order chi connectivity index (χ1) is 7.16. The van der Waals surface area contributed by atoms with Gasteiger partial charge in [0.05, 0.1) is 5.37 Å². The summed E-state index contributed by atoms with van der Waals surface area (Å²) >= 11 is 7.46. The Bertz CT molecular complexity index is 385. The molecular formula is C10H10ClNO2S. The minimum absolute atomic E-state index is 0.0322. The predicted molar refractivity (Wildman–Crippen MR) is 61.2 cm³/mol. The summed E-state index contributed by atoms with van der Waals surface area (Å²) in [6.07, 6.45) is 0. The van der Waals surface area contributed by atoms with Crippen LogP contribution in [0.1, 0.15) is 10.9 Å². The van der Waals surface area contributed by atoms with Gasteiger partial charge in [-0.3, -0.25) is 10.1 Å². The van der Waals surface area contributed by atoms with E-state index in [2.05, 4.69) is 5.32 Å². The molecule has 0 amide bonds. The Balaban J connectivity index is 2.11. The number of aliphatic carboxylic acids is 1. The monoisotopic (exact) mass is 243 g/mol. The molecule has 3 nitrogen and oxygen atoms in total.